The number of carbonyl (C=O) groups excluding carboxylic acids is 2. The lowest BCUT2D eigenvalue weighted by atomic mass is 9.61. The number of carbonyl (C=O) groups is 2. The Labute approximate surface area is 101 Å². The molecule has 1 heterocycles. The van der Waals surface area contributed by atoms with E-state index in [4.69, 9.17) is 10.5 Å². The van der Waals surface area contributed by atoms with E-state index in [1.54, 1.807) is 4.90 Å². The van der Waals surface area contributed by atoms with Gasteiger partial charge in [0.15, 0.2) is 0 Å². The Morgan fingerprint density at radius 1 is 1.35 bits per heavy atom. The Morgan fingerprint density at radius 2 is 1.94 bits per heavy atom. The zero-order chi connectivity index (χ0) is 12.8. The predicted molar refractivity (Wildman–Crippen MR) is 62.2 cm³/mol. The van der Waals surface area contributed by atoms with Crippen molar-refractivity contribution in [2.24, 2.45) is 11.7 Å². The number of nitrogens with two attached hydrogens (primary N) is 1. The molecule has 5 nitrogen and oxygen atoms in total. The number of likely N-dealkylation sites (tertiary alicyclic amines) is 1. The monoisotopic (exact) mass is 240 g/mol. The van der Waals surface area contributed by atoms with Gasteiger partial charge in [-0.15, -0.1) is 0 Å². The van der Waals surface area contributed by atoms with Gasteiger partial charge in [0.1, 0.15) is 5.60 Å². The van der Waals surface area contributed by atoms with E-state index < -0.39 is 5.60 Å². The molecule has 0 radical (unpaired) electrons. The molecule has 0 aromatic rings. The van der Waals surface area contributed by atoms with Gasteiger partial charge in [-0.3, -0.25) is 4.79 Å². The maximum atomic E-state index is 11.9. The van der Waals surface area contributed by atoms with Gasteiger partial charge in [0, 0.05) is 18.0 Å². The second-order valence-corrected chi connectivity index (χ2v) is 6.11. The second-order valence-electron chi connectivity index (χ2n) is 6.11. The molecule has 0 aromatic heterocycles. The Hall–Kier alpha value is -1.26. The third-order valence-corrected chi connectivity index (χ3v) is 3.64. The first-order valence-electron chi connectivity index (χ1n) is 6.03. The van der Waals surface area contributed by atoms with Crippen LogP contribution in [0, 0.1) is 5.92 Å². The number of hydrogen-bond donors (Lipinski definition) is 1. The normalized spacial score (nSPS) is 31.7. The summed E-state index contributed by atoms with van der Waals surface area (Å²) in [5.41, 5.74) is 4.64. The molecule has 1 aliphatic heterocycles. The molecule has 0 aromatic carbocycles. The fourth-order valence-electron chi connectivity index (χ4n) is 2.63. The fraction of sp³-hybridized carbons (Fsp3) is 0.833. The molecule has 2 rings (SSSR count). The summed E-state index contributed by atoms with van der Waals surface area (Å²) in [5, 5.41) is 0. The first kappa shape index (κ1) is 12.2. The molecule has 2 N–H and O–H groups in total. The van der Waals surface area contributed by atoms with Crippen LogP contribution in [0.25, 0.3) is 0 Å². The van der Waals surface area contributed by atoms with Gasteiger partial charge in [-0.1, -0.05) is 0 Å². The van der Waals surface area contributed by atoms with Crippen LogP contribution >= 0.6 is 0 Å². The van der Waals surface area contributed by atoms with Crippen molar-refractivity contribution in [3.8, 4) is 0 Å². The van der Waals surface area contributed by atoms with Crippen molar-refractivity contribution in [1.82, 2.24) is 4.90 Å². The summed E-state index contributed by atoms with van der Waals surface area (Å²) in [5.74, 6) is -0.327. The Bertz CT molecular complexity index is 353. The molecule has 0 atom stereocenters. The molecule has 1 saturated carbocycles. The van der Waals surface area contributed by atoms with Crippen LogP contribution in [0.1, 0.15) is 40.0 Å². The number of ether oxygens (including phenoxy) is 1. The minimum absolute atomic E-state index is 0.0692. The maximum absolute atomic E-state index is 11.9. The van der Waals surface area contributed by atoms with Gasteiger partial charge in [0.2, 0.25) is 5.91 Å². The van der Waals surface area contributed by atoms with Gasteiger partial charge in [0.25, 0.3) is 0 Å². The average Bonchev–Trinajstić information content (AvgIpc) is 1.93. The van der Waals surface area contributed by atoms with Crippen LogP contribution in [0.5, 0.6) is 0 Å². The summed E-state index contributed by atoms with van der Waals surface area (Å²) in [6, 6.07) is 0. The van der Waals surface area contributed by atoms with Gasteiger partial charge in [-0.25, -0.2) is 4.79 Å². The van der Waals surface area contributed by atoms with E-state index in [1.165, 1.54) is 0 Å². The van der Waals surface area contributed by atoms with E-state index >= 15 is 0 Å². The molecule has 1 saturated heterocycles. The largest absolute Gasteiger partial charge is 0.444 e. The minimum Gasteiger partial charge on any atom is -0.444 e. The SMILES string of the molecule is CC(C)(C)OC(=O)N1CCC12CC(C(N)=O)C2. The van der Waals surface area contributed by atoms with Gasteiger partial charge in [-0.2, -0.15) is 0 Å². The molecule has 0 unspecified atom stereocenters. The molecule has 2 fully saturated rings. The van der Waals surface area contributed by atoms with Crippen LogP contribution in [-0.2, 0) is 9.53 Å². The van der Waals surface area contributed by atoms with Gasteiger partial charge in [-0.05, 0) is 40.0 Å². The number of hydrogen-bond acceptors (Lipinski definition) is 3. The van der Waals surface area contributed by atoms with Crippen molar-refractivity contribution in [1.29, 1.82) is 0 Å². The highest BCUT2D eigenvalue weighted by Crippen LogP contribution is 2.50. The van der Waals surface area contributed by atoms with Crippen molar-refractivity contribution in [3.63, 3.8) is 0 Å². The highest BCUT2D eigenvalue weighted by atomic mass is 16.6. The summed E-state index contributed by atoms with van der Waals surface area (Å²) < 4.78 is 5.34. The van der Waals surface area contributed by atoms with Crippen LogP contribution < -0.4 is 5.73 Å². The molecular weight excluding hydrogens is 220 g/mol. The van der Waals surface area contributed by atoms with Crippen molar-refractivity contribution >= 4 is 12.0 Å². The Kier molecular flexibility index (Phi) is 2.60. The fourth-order valence-corrected chi connectivity index (χ4v) is 2.63. The van der Waals surface area contributed by atoms with Gasteiger partial charge >= 0.3 is 6.09 Å². The molecule has 17 heavy (non-hydrogen) atoms. The van der Waals surface area contributed by atoms with Crippen LogP contribution in [0.3, 0.4) is 0 Å². The third kappa shape index (κ3) is 2.10. The molecular formula is C12H20N2O3. The van der Waals surface area contributed by atoms with Crippen LogP contribution in [0.4, 0.5) is 4.79 Å². The van der Waals surface area contributed by atoms with E-state index in [1.807, 2.05) is 20.8 Å². The molecule has 2 amide bonds. The molecule has 5 heteroatoms. The van der Waals surface area contributed by atoms with Crippen LogP contribution in [0.15, 0.2) is 0 Å². The van der Waals surface area contributed by atoms with E-state index in [9.17, 15) is 9.59 Å². The Morgan fingerprint density at radius 3 is 2.29 bits per heavy atom. The quantitative estimate of drug-likeness (QED) is 0.750. The Balaban J connectivity index is 1.92. The van der Waals surface area contributed by atoms with Crippen molar-refractivity contribution < 1.29 is 14.3 Å². The maximum Gasteiger partial charge on any atom is 0.410 e. The zero-order valence-corrected chi connectivity index (χ0v) is 10.7. The summed E-state index contributed by atoms with van der Waals surface area (Å²) in [6.07, 6.45) is 2.07. The highest BCUT2D eigenvalue weighted by molar-refractivity contribution is 5.79. The highest BCUT2D eigenvalue weighted by Gasteiger charge is 2.58. The standard InChI is InChI=1S/C12H20N2O3/c1-11(2,3)17-10(16)14-5-4-12(14)6-8(7-12)9(13)15/h8H,4-7H2,1-3H3,(H2,13,15). The molecule has 2 aliphatic rings. The lowest BCUT2D eigenvalue weighted by Crippen LogP contribution is -2.69. The summed E-state index contributed by atoms with van der Waals surface area (Å²) in [6.45, 7) is 6.28. The summed E-state index contributed by atoms with van der Waals surface area (Å²) >= 11 is 0. The number of nitrogens with zero attached hydrogens (tertiary/aromatic N) is 1. The van der Waals surface area contributed by atoms with Crippen molar-refractivity contribution in [2.45, 2.75) is 51.2 Å². The van der Waals surface area contributed by atoms with Crippen molar-refractivity contribution in [3.05, 3.63) is 0 Å². The molecule has 0 bridgehead atoms. The minimum atomic E-state index is -0.472. The van der Waals surface area contributed by atoms with Gasteiger partial charge < -0.3 is 15.4 Å². The third-order valence-electron chi connectivity index (χ3n) is 3.64. The van der Waals surface area contributed by atoms with Gasteiger partial charge in [0.05, 0.1) is 0 Å². The van der Waals surface area contributed by atoms with E-state index in [-0.39, 0.29) is 23.5 Å². The van der Waals surface area contributed by atoms with E-state index in [0.717, 1.165) is 13.0 Å². The predicted octanol–water partition coefficient (Wildman–Crippen LogP) is 1.26. The number of amides is 2. The first-order valence-corrected chi connectivity index (χ1v) is 6.03. The average molecular weight is 240 g/mol. The second kappa shape index (κ2) is 3.62. The van der Waals surface area contributed by atoms with E-state index in [2.05, 4.69) is 0 Å². The summed E-state index contributed by atoms with van der Waals surface area (Å²) in [7, 11) is 0. The lowest BCUT2D eigenvalue weighted by molar-refractivity contribution is -0.141. The van der Waals surface area contributed by atoms with Crippen LogP contribution in [0.2, 0.25) is 0 Å². The van der Waals surface area contributed by atoms with Crippen molar-refractivity contribution in [2.75, 3.05) is 6.54 Å². The number of rotatable bonds is 1. The molecule has 96 valence electrons. The van der Waals surface area contributed by atoms with Crippen LogP contribution in [-0.4, -0.2) is 34.6 Å². The lowest BCUT2D eigenvalue weighted by Gasteiger charge is -2.60. The first-order chi connectivity index (χ1) is 7.73. The number of primary amides is 1. The topological polar surface area (TPSA) is 72.6 Å². The zero-order valence-electron chi connectivity index (χ0n) is 10.7. The van der Waals surface area contributed by atoms with E-state index in [0.29, 0.717) is 12.8 Å². The summed E-state index contributed by atoms with van der Waals surface area (Å²) in [4.78, 5) is 24.7. The molecule has 1 aliphatic carbocycles. The molecule has 1 spiro atoms. The smallest absolute Gasteiger partial charge is 0.410 e.